The van der Waals surface area contributed by atoms with Gasteiger partial charge in [-0.15, -0.1) is 0 Å². The molecule has 0 saturated heterocycles. The molecule has 0 aromatic heterocycles. The van der Waals surface area contributed by atoms with Crippen molar-refractivity contribution < 1.29 is 38.3 Å². The largest absolute Gasteiger partial charge is 0.412 e. The summed E-state index contributed by atoms with van der Waals surface area (Å²) in [6.45, 7) is 1.19. The fourth-order valence-electron chi connectivity index (χ4n) is 0. The minimum Gasteiger partial charge on any atom is -0.412 e. The van der Waals surface area contributed by atoms with Gasteiger partial charge in [0.2, 0.25) is 0 Å². The molecule has 0 aliphatic heterocycles. The van der Waals surface area contributed by atoms with Gasteiger partial charge in [-0.3, -0.25) is 0 Å². The van der Waals surface area contributed by atoms with Gasteiger partial charge in [0.15, 0.2) is 0 Å². The van der Waals surface area contributed by atoms with E-state index in [0.717, 1.165) is 0 Å². The first-order valence-electron chi connectivity index (χ1n) is 1.32. The Labute approximate surface area is 63.0 Å². The summed E-state index contributed by atoms with van der Waals surface area (Å²) in [5.41, 5.74) is 9.81. The summed E-state index contributed by atoms with van der Waals surface area (Å²) in [5, 5.41) is 0. The summed E-state index contributed by atoms with van der Waals surface area (Å²) >= 11 is 0. The molecular formula is C2H12CdN2O2. The standard InChI is InChI=1S/C2H8N2.Cd.2H2O/c3-1-2-4;;;/h1-4H2;;2*1H2. The van der Waals surface area contributed by atoms with E-state index in [4.69, 9.17) is 11.5 Å². The summed E-state index contributed by atoms with van der Waals surface area (Å²) < 4.78 is 0. The van der Waals surface area contributed by atoms with Crippen LogP contribution in [0.15, 0.2) is 0 Å². The van der Waals surface area contributed by atoms with E-state index in [1.807, 2.05) is 0 Å². The minimum atomic E-state index is 0. The molecule has 0 unspecified atom stereocenters. The van der Waals surface area contributed by atoms with Crippen molar-refractivity contribution in [2.45, 2.75) is 0 Å². The first kappa shape index (κ1) is 25.1. The van der Waals surface area contributed by atoms with Crippen LogP contribution in [-0.2, 0) is 27.3 Å². The molecule has 0 aliphatic carbocycles. The van der Waals surface area contributed by atoms with Crippen molar-refractivity contribution >= 4 is 0 Å². The van der Waals surface area contributed by atoms with Gasteiger partial charge in [0.25, 0.3) is 0 Å². The van der Waals surface area contributed by atoms with E-state index in [9.17, 15) is 0 Å². The summed E-state index contributed by atoms with van der Waals surface area (Å²) in [6, 6.07) is 0. The molecule has 0 atom stereocenters. The van der Waals surface area contributed by atoms with Crippen LogP contribution in [0.4, 0.5) is 0 Å². The second-order valence-corrected chi connectivity index (χ2v) is 0.577. The topological polar surface area (TPSA) is 115 Å². The Kier molecular flexibility index (Phi) is 105. The van der Waals surface area contributed by atoms with E-state index in [0.29, 0.717) is 13.1 Å². The first-order chi connectivity index (χ1) is 1.91. The van der Waals surface area contributed by atoms with Crippen molar-refractivity contribution in [1.29, 1.82) is 0 Å². The van der Waals surface area contributed by atoms with Crippen molar-refractivity contribution in [1.82, 2.24) is 0 Å². The van der Waals surface area contributed by atoms with Crippen molar-refractivity contribution in [3.05, 3.63) is 0 Å². The predicted octanol–water partition coefficient (Wildman–Crippen LogP) is -2.75. The molecule has 0 bridgehead atoms. The van der Waals surface area contributed by atoms with Gasteiger partial charge < -0.3 is 22.4 Å². The Hall–Kier alpha value is 0.762. The molecule has 44 valence electrons. The molecule has 0 amide bonds. The minimum absolute atomic E-state index is 0. The fraction of sp³-hybridized carbons (Fsp3) is 1.00. The molecule has 5 heteroatoms. The van der Waals surface area contributed by atoms with Crippen molar-refractivity contribution in [3.8, 4) is 0 Å². The average molecular weight is 209 g/mol. The third-order valence-electron chi connectivity index (χ3n) is 0.167. The van der Waals surface area contributed by atoms with Crippen molar-refractivity contribution in [2.24, 2.45) is 11.5 Å². The molecule has 8 N–H and O–H groups in total. The third-order valence-corrected chi connectivity index (χ3v) is 0.167. The molecule has 0 spiro atoms. The summed E-state index contributed by atoms with van der Waals surface area (Å²) in [5.74, 6) is 0. The predicted molar refractivity (Wildman–Crippen MR) is 25.3 cm³/mol. The molecule has 0 aromatic rings. The van der Waals surface area contributed by atoms with E-state index in [1.54, 1.807) is 0 Å². The van der Waals surface area contributed by atoms with Gasteiger partial charge in [-0.2, -0.15) is 0 Å². The smallest absolute Gasteiger partial charge is 0.00461 e. The molecule has 0 saturated carbocycles. The van der Waals surface area contributed by atoms with E-state index < -0.39 is 0 Å². The molecule has 0 fully saturated rings. The van der Waals surface area contributed by atoms with Crippen LogP contribution in [0.25, 0.3) is 0 Å². The van der Waals surface area contributed by atoms with E-state index in [-0.39, 0.29) is 38.3 Å². The summed E-state index contributed by atoms with van der Waals surface area (Å²) in [7, 11) is 0. The van der Waals surface area contributed by atoms with E-state index in [1.165, 1.54) is 0 Å². The maximum Gasteiger partial charge on any atom is 0.00461 e. The zero-order chi connectivity index (χ0) is 3.41. The van der Waals surface area contributed by atoms with Crippen LogP contribution in [0, 0.1) is 0 Å². The molecule has 7 heavy (non-hydrogen) atoms. The fourth-order valence-corrected chi connectivity index (χ4v) is 0. The van der Waals surface area contributed by atoms with Crippen LogP contribution in [0.3, 0.4) is 0 Å². The van der Waals surface area contributed by atoms with Crippen LogP contribution < -0.4 is 11.5 Å². The average Bonchev–Trinajstić information content (AvgIpc) is 1.37. The Bertz CT molecular complexity index is 15.7. The van der Waals surface area contributed by atoms with E-state index in [2.05, 4.69) is 0 Å². The number of nitrogens with two attached hydrogens (primary N) is 2. The molecule has 0 aliphatic rings. The zero-order valence-electron chi connectivity index (χ0n) is 4.28. The third kappa shape index (κ3) is 49.4. The molecule has 0 rings (SSSR count). The first-order valence-corrected chi connectivity index (χ1v) is 1.32. The molecule has 0 heterocycles. The van der Waals surface area contributed by atoms with Gasteiger partial charge in [-0.05, 0) is 0 Å². The van der Waals surface area contributed by atoms with Crippen molar-refractivity contribution in [2.75, 3.05) is 13.1 Å². The van der Waals surface area contributed by atoms with Crippen LogP contribution in [0.5, 0.6) is 0 Å². The van der Waals surface area contributed by atoms with Crippen LogP contribution in [0.1, 0.15) is 0 Å². The molecule has 0 radical (unpaired) electrons. The quantitative estimate of drug-likeness (QED) is 0.455. The Morgan fingerprint density at radius 2 is 1.00 bits per heavy atom. The molecule has 0 aromatic carbocycles. The van der Waals surface area contributed by atoms with Crippen LogP contribution in [-0.4, -0.2) is 24.0 Å². The SMILES string of the molecule is NCCN.O.O.[Cd]. The van der Waals surface area contributed by atoms with Crippen LogP contribution in [0.2, 0.25) is 0 Å². The maximum absolute atomic E-state index is 4.90. The second-order valence-electron chi connectivity index (χ2n) is 0.577. The Morgan fingerprint density at radius 1 is 0.857 bits per heavy atom. The molecular weight excluding hydrogens is 196 g/mol. The second kappa shape index (κ2) is 29.4. The number of rotatable bonds is 1. The zero-order valence-corrected chi connectivity index (χ0v) is 8.31. The van der Waals surface area contributed by atoms with Gasteiger partial charge in [0.05, 0.1) is 0 Å². The number of hydrogen-bond donors (Lipinski definition) is 2. The Balaban J connectivity index is -0.0000000150. The Morgan fingerprint density at radius 3 is 1.00 bits per heavy atom. The van der Waals surface area contributed by atoms with E-state index >= 15 is 0 Å². The summed E-state index contributed by atoms with van der Waals surface area (Å²) in [6.07, 6.45) is 0. The summed E-state index contributed by atoms with van der Waals surface area (Å²) in [4.78, 5) is 0. The van der Waals surface area contributed by atoms with Crippen molar-refractivity contribution in [3.63, 3.8) is 0 Å². The van der Waals surface area contributed by atoms with Gasteiger partial charge >= 0.3 is 0 Å². The van der Waals surface area contributed by atoms with Gasteiger partial charge in [0, 0.05) is 40.4 Å². The van der Waals surface area contributed by atoms with Gasteiger partial charge in [0.1, 0.15) is 0 Å². The molecule has 4 nitrogen and oxygen atoms in total. The number of hydrogen-bond acceptors (Lipinski definition) is 2. The maximum atomic E-state index is 4.90. The normalized spacial score (nSPS) is 4.29. The monoisotopic (exact) mass is 210 g/mol. The van der Waals surface area contributed by atoms with Gasteiger partial charge in [-0.25, -0.2) is 0 Å². The van der Waals surface area contributed by atoms with Gasteiger partial charge in [-0.1, -0.05) is 0 Å². The van der Waals surface area contributed by atoms with Crippen LogP contribution >= 0.6 is 0 Å².